The molecule has 0 amide bonds. The summed E-state index contributed by atoms with van der Waals surface area (Å²) >= 11 is 0. The molecule has 0 fully saturated rings. The minimum absolute atomic E-state index is 0.358. The van der Waals surface area contributed by atoms with Gasteiger partial charge in [0.25, 0.3) is 5.56 Å². The fourth-order valence-electron chi connectivity index (χ4n) is 0.480. The van der Waals surface area contributed by atoms with E-state index in [0.29, 0.717) is 0 Å². The van der Waals surface area contributed by atoms with Crippen LogP contribution in [0, 0.1) is 0 Å². The number of hydrogen-bond acceptors (Lipinski definition) is 4. The molecule has 5 heteroatoms. The minimum atomic E-state index is -1.45. The largest absolute Gasteiger partial charge is 0.543 e. The smallest absolute Gasteiger partial charge is 0.251 e. The fraction of sp³-hybridized carbons (Fsp3) is 0. The van der Waals surface area contributed by atoms with Crippen LogP contribution >= 0.6 is 0 Å². The third-order valence-electron chi connectivity index (χ3n) is 0.887. The molecule has 1 rings (SSSR count). The van der Waals surface area contributed by atoms with Crippen LogP contribution in [0.3, 0.4) is 0 Å². The lowest BCUT2D eigenvalue weighted by Gasteiger charge is -1.96. The van der Waals surface area contributed by atoms with Crippen molar-refractivity contribution >= 4 is 5.97 Å². The van der Waals surface area contributed by atoms with Crippen LogP contribution in [0.5, 0.6) is 0 Å². The number of H-pyrrole nitrogens is 1. The summed E-state index contributed by atoms with van der Waals surface area (Å²) in [5.74, 6) is -1.45. The van der Waals surface area contributed by atoms with E-state index in [1.165, 1.54) is 0 Å². The van der Waals surface area contributed by atoms with Gasteiger partial charge in [-0.15, -0.1) is 0 Å². The zero-order chi connectivity index (χ0) is 7.56. The Morgan fingerprint density at radius 2 is 2.40 bits per heavy atom. The second kappa shape index (κ2) is 2.30. The maximum atomic E-state index is 10.4. The number of carboxylic acids is 1. The van der Waals surface area contributed by atoms with E-state index in [1.54, 1.807) is 0 Å². The van der Waals surface area contributed by atoms with Crippen LogP contribution in [0.25, 0.3) is 0 Å². The molecule has 0 radical (unpaired) electrons. The first-order valence-electron chi connectivity index (χ1n) is 2.46. The maximum Gasteiger partial charge on any atom is 0.251 e. The minimum Gasteiger partial charge on any atom is -0.543 e. The van der Waals surface area contributed by atoms with Gasteiger partial charge in [0.1, 0.15) is 0 Å². The number of aromatic carboxylic acids is 1. The molecule has 1 aromatic rings. The van der Waals surface area contributed by atoms with E-state index in [4.69, 9.17) is 0 Å². The highest BCUT2D eigenvalue weighted by Crippen LogP contribution is 1.81. The molecular weight excluding hydrogens is 136 g/mol. The van der Waals surface area contributed by atoms with Crippen molar-refractivity contribution in [2.24, 2.45) is 0 Å². The quantitative estimate of drug-likeness (QED) is 0.494. The highest BCUT2D eigenvalue weighted by molar-refractivity contribution is 5.82. The number of aromatic nitrogens is 2. The Hall–Kier alpha value is -1.65. The Bertz CT molecular complexity index is 304. The molecule has 52 valence electrons. The van der Waals surface area contributed by atoms with E-state index in [-0.39, 0.29) is 5.69 Å². The van der Waals surface area contributed by atoms with Crippen LogP contribution in [0.1, 0.15) is 10.5 Å². The SMILES string of the molecule is O=C([O-])c1cc(=O)[nH]cn1. The van der Waals surface area contributed by atoms with Crippen molar-refractivity contribution in [3.63, 3.8) is 0 Å². The van der Waals surface area contributed by atoms with Crippen LogP contribution in [0.15, 0.2) is 17.2 Å². The summed E-state index contributed by atoms with van der Waals surface area (Å²) in [6.07, 6.45) is 1.01. The number of aromatic amines is 1. The lowest BCUT2D eigenvalue weighted by molar-refractivity contribution is -0.255. The van der Waals surface area contributed by atoms with Crippen molar-refractivity contribution in [3.8, 4) is 0 Å². The number of carbonyl (C=O) groups excluding carboxylic acids is 1. The molecule has 10 heavy (non-hydrogen) atoms. The molecule has 0 bridgehead atoms. The molecule has 1 heterocycles. The monoisotopic (exact) mass is 139 g/mol. The van der Waals surface area contributed by atoms with Gasteiger partial charge >= 0.3 is 0 Å². The first-order valence-corrected chi connectivity index (χ1v) is 2.46. The van der Waals surface area contributed by atoms with Crippen molar-refractivity contribution < 1.29 is 9.90 Å². The second-order valence-corrected chi connectivity index (χ2v) is 1.58. The Morgan fingerprint density at radius 3 is 2.80 bits per heavy atom. The third-order valence-corrected chi connectivity index (χ3v) is 0.887. The number of carboxylic acid groups (broad SMARTS) is 1. The zero-order valence-corrected chi connectivity index (χ0v) is 4.83. The Kier molecular flexibility index (Phi) is 1.49. The lowest BCUT2D eigenvalue weighted by atomic mass is 10.4. The van der Waals surface area contributed by atoms with E-state index in [2.05, 4.69) is 9.97 Å². The molecular formula is C5H3N2O3-. The van der Waals surface area contributed by atoms with Crippen LogP contribution < -0.4 is 10.7 Å². The Balaban J connectivity index is 3.20. The summed E-state index contributed by atoms with van der Waals surface area (Å²) in [5.41, 5.74) is -0.863. The molecule has 0 aliphatic rings. The predicted octanol–water partition coefficient (Wildman–Crippen LogP) is -1.87. The number of nitrogens with zero attached hydrogens (tertiary/aromatic N) is 1. The van der Waals surface area contributed by atoms with Crippen LogP contribution in [0.4, 0.5) is 0 Å². The number of nitrogens with one attached hydrogen (secondary N) is 1. The standard InChI is InChI=1S/C5H4N2O3/c8-4-1-3(5(9)10)6-2-7-4/h1-2H,(H,9,10)(H,6,7,8)/p-1. The number of carbonyl (C=O) groups is 1. The van der Waals surface area contributed by atoms with E-state index < -0.39 is 11.5 Å². The van der Waals surface area contributed by atoms with Crippen LogP contribution in [0.2, 0.25) is 0 Å². The molecule has 0 aliphatic heterocycles. The molecule has 0 saturated heterocycles. The topological polar surface area (TPSA) is 85.9 Å². The van der Waals surface area contributed by atoms with Gasteiger partial charge in [-0.05, 0) is 0 Å². The molecule has 0 aliphatic carbocycles. The first-order chi connectivity index (χ1) is 4.70. The van der Waals surface area contributed by atoms with Crippen LogP contribution in [-0.2, 0) is 0 Å². The Labute approximate surface area is 55.4 Å². The highest BCUT2D eigenvalue weighted by Gasteiger charge is 1.92. The highest BCUT2D eigenvalue weighted by atomic mass is 16.4. The van der Waals surface area contributed by atoms with Gasteiger partial charge in [0.15, 0.2) is 0 Å². The molecule has 0 aromatic carbocycles. The normalized spacial score (nSPS) is 9.20. The van der Waals surface area contributed by atoms with Gasteiger partial charge in [0.2, 0.25) is 0 Å². The molecule has 0 saturated carbocycles. The molecule has 0 unspecified atom stereocenters. The zero-order valence-electron chi connectivity index (χ0n) is 4.83. The summed E-state index contributed by atoms with van der Waals surface area (Å²) < 4.78 is 0. The second-order valence-electron chi connectivity index (χ2n) is 1.58. The van der Waals surface area contributed by atoms with Gasteiger partial charge in [-0.25, -0.2) is 4.98 Å². The van der Waals surface area contributed by atoms with Gasteiger partial charge in [0, 0.05) is 6.07 Å². The summed E-state index contributed by atoms with van der Waals surface area (Å²) in [7, 11) is 0. The van der Waals surface area contributed by atoms with Gasteiger partial charge in [0.05, 0.1) is 18.0 Å². The molecule has 0 spiro atoms. The van der Waals surface area contributed by atoms with Gasteiger partial charge < -0.3 is 14.9 Å². The number of rotatable bonds is 1. The van der Waals surface area contributed by atoms with Crippen molar-refractivity contribution in [3.05, 3.63) is 28.4 Å². The summed E-state index contributed by atoms with van der Waals surface area (Å²) in [6.45, 7) is 0. The molecule has 0 atom stereocenters. The third kappa shape index (κ3) is 1.19. The van der Waals surface area contributed by atoms with E-state index in [1.807, 2.05) is 0 Å². The summed E-state index contributed by atoms with van der Waals surface area (Å²) in [4.78, 5) is 25.9. The summed E-state index contributed by atoms with van der Waals surface area (Å²) in [5, 5.41) is 10.0. The molecule has 5 nitrogen and oxygen atoms in total. The van der Waals surface area contributed by atoms with Crippen molar-refractivity contribution in [1.29, 1.82) is 0 Å². The average Bonchev–Trinajstić information content (AvgIpc) is 1.88. The first kappa shape index (κ1) is 6.47. The molecule has 1 aromatic heterocycles. The summed E-state index contributed by atoms with van der Waals surface area (Å²) in [6, 6.07) is 0.856. The van der Waals surface area contributed by atoms with Crippen molar-refractivity contribution in [1.82, 2.24) is 9.97 Å². The van der Waals surface area contributed by atoms with E-state index in [9.17, 15) is 14.7 Å². The maximum absolute atomic E-state index is 10.4. The molecule has 1 N–H and O–H groups in total. The van der Waals surface area contributed by atoms with E-state index >= 15 is 0 Å². The lowest BCUT2D eigenvalue weighted by Crippen LogP contribution is -2.25. The average molecular weight is 139 g/mol. The Morgan fingerprint density at radius 1 is 1.70 bits per heavy atom. The van der Waals surface area contributed by atoms with Gasteiger partial charge in [-0.2, -0.15) is 0 Å². The fourth-order valence-corrected chi connectivity index (χ4v) is 0.480. The van der Waals surface area contributed by atoms with Crippen molar-refractivity contribution in [2.75, 3.05) is 0 Å². The van der Waals surface area contributed by atoms with Crippen molar-refractivity contribution in [2.45, 2.75) is 0 Å². The van der Waals surface area contributed by atoms with E-state index in [0.717, 1.165) is 12.4 Å². The number of hydrogen-bond donors (Lipinski definition) is 1. The van der Waals surface area contributed by atoms with Gasteiger partial charge in [-0.3, -0.25) is 4.79 Å². The van der Waals surface area contributed by atoms with Gasteiger partial charge in [-0.1, -0.05) is 0 Å². The predicted molar refractivity (Wildman–Crippen MR) is 29.2 cm³/mol. The van der Waals surface area contributed by atoms with Crippen LogP contribution in [-0.4, -0.2) is 15.9 Å².